The molecular formula is C15H24N2O4S2. The lowest BCUT2D eigenvalue weighted by atomic mass is 10.1. The molecule has 1 saturated heterocycles. The van der Waals surface area contributed by atoms with E-state index in [0.29, 0.717) is 13.1 Å². The van der Waals surface area contributed by atoms with E-state index in [1.807, 2.05) is 14.1 Å². The van der Waals surface area contributed by atoms with Crippen LogP contribution in [0.5, 0.6) is 0 Å². The van der Waals surface area contributed by atoms with Gasteiger partial charge in [0.1, 0.15) is 0 Å². The van der Waals surface area contributed by atoms with Gasteiger partial charge in [0.15, 0.2) is 9.84 Å². The van der Waals surface area contributed by atoms with Crippen molar-refractivity contribution in [2.24, 2.45) is 0 Å². The van der Waals surface area contributed by atoms with Crippen LogP contribution in [-0.4, -0.2) is 65.5 Å². The fourth-order valence-corrected chi connectivity index (χ4v) is 4.88. The highest BCUT2D eigenvalue weighted by Gasteiger charge is 2.29. The second-order valence-electron chi connectivity index (χ2n) is 6.22. The number of hydrogen-bond acceptors (Lipinski definition) is 5. The van der Waals surface area contributed by atoms with Gasteiger partial charge in [0.2, 0.25) is 10.0 Å². The minimum atomic E-state index is -3.60. The third-order valence-electron chi connectivity index (χ3n) is 4.23. The fraction of sp³-hybridized carbons (Fsp3) is 0.600. The molecule has 1 fully saturated rings. The Morgan fingerprint density at radius 2 is 1.57 bits per heavy atom. The van der Waals surface area contributed by atoms with E-state index in [-0.39, 0.29) is 15.8 Å². The highest BCUT2D eigenvalue weighted by atomic mass is 32.2. The predicted molar refractivity (Wildman–Crippen MR) is 89.6 cm³/mol. The minimum Gasteiger partial charge on any atom is -0.305 e. The summed E-state index contributed by atoms with van der Waals surface area (Å²) in [5.41, 5.74) is 0. The van der Waals surface area contributed by atoms with E-state index in [1.54, 1.807) is 0 Å². The number of sulfone groups is 1. The highest BCUT2D eigenvalue weighted by molar-refractivity contribution is 7.90. The zero-order chi connectivity index (χ0) is 17.3. The Morgan fingerprint density at radius 1 is 1.00 bits per heavy atom. The van der Waals surface area contributed by atoms with Crippen LogP contribution in [0.15, 0.2) is 34.1 Å². The van der Waals surface area contributed by atoms with Crippen molar-refractivity contribution in [2.75, 3.05) is 33.4 Å². The zero-order valence-electron chi connectivity index (χ0n) is 13.8. The van der Waals surface area contributed by atoms with Crippen molar-refractivity contribution in [1.29, 1.82) is 0 Å². The predicted octanol–water partition coefficient (Wildman–Crippen LogP) is 1.19. The Hall–Kier alpha value is -0.960. The van der Waals surface area contributed by atoms with Crippen molar-refractivity contribution >= 4 is 19.9 Å². The number of hydrogen-bond donors (Lipinski definition) is 0. The highest BCUT2D eigenvalue weighted by Crippen LogP contribution is 2.23. The van der Waals surface area contributed by atoms with E-state index in [0.717, 1.165) is 25.5 Å². The fourth-order valence-electron chi connectivity index (χ4n) is 2.73. The van der Waals surface area contributed by atoms with Crippen LogP contribution in [0.1, 0.15) is 19.3 Å². The van der Waals surface area contributed by atoms with Gasteiger partial charge in [-0.15, -0.1) is 0 Å². The first-order valence-corrected chi connectivity index (χ1v) is 10.9. The lowest BCUT2D eigenvalue weighted by Crippen LogP contribution is -2.41. The van der Waals surface area contributed by atoms with E-state index in [2.05, 4.69) is 4.90 Å². The van der Waals surface area contributed by atoms with Crippen LogP contribution in [0, 0.1) is 0 Å². The Morgan fingerprint density at radius 3 is 2.09 bits per heavy atom. The maximum Gasteiger partial charge on any atom is 0.243 e. The van der Waals surface area contributed by atoms with Gasteiger partial charge in [0.25, 0.3) is 0 Å². The van der Waals surface area contributed by atoms with Gasteiger partial charge >= 0.3 is 0 Å². The molecule has 0 bridgehead atoms. The Bertz CT molecular complexity index is 740. The number of sulfonamides is 1. The van der Waals surface area contributed by atoms with Crippen molar-refractivity contribution in [1.82, 2.24) is 9.21 Å². The molecule has 1 aromatic carbocycles. The molecular weight excluding hydrogens is 336 g/mol. The molecule has 0 unspecified atom stereocenters. The van der Waals surface area contributed by atoms with E-state index >= 15 is 0 Å². The number of benzene rings is 1. The van der Waals surface area contributed by atoms with Crippen molar-refractivity contribution in [3.05, 3.63) is 24.3 Å². The van der Waals surface area contributed by atoms with Gasteiger partial charge in [-0.25, -0.2) is 16.8 Å². The van der Waals surface area contributed by atoms with Crippen LogP contribution in [0.3, 0.4) is 0 Å². The smallest absolute Gasteiger partial charge is 0.243 e. The molecule has 8 heteroatoms. The topological polar surface area (TPSA) is 74.8 Å². The molecule has 0 aromatic heterocycles. The molecule has 0 aliphatic carbocycles. The average Bonchev–Trinajstić information content (AvgIpc) is 2.73. The lowest BCUT2D eigenvalue weighted by molar-refractivity contribution is 0.248. The van der Waals surface area contributed by atoms with Gasteiger partial charge < -0.3 is 4.90 Å². The molecule has 130 valence electrons. The average molecular weight is 361 g/mol. The van der Waals surface area contributed by atoms with Crippen molar-refractivity contribution in [2.45, 2.75) is 35.1 Å². The molecule has 0 radical (unpaired) electrons. The number of rotatable bonds is 4. The molecule has 0 spiro atoms. The molecule has 23 heavy (non-hydrogen) atoms. The summed E-state index contributed by atoms with van der Waals surface area (Å²) in [6.07, 6.45) is 3.92. The molecule has 0 N–H and O–H groups in total. The van der Waals surface area contributed by atoms with Crippen LogP contribution >= 0.6 is 0 Å². The zero-order valence-corrected chi connectivity index (χ0v) is 15.4. The maximum absolute atomic E-state index is 12.8. The van der Waals surface area contributed by atoms with E-state index in [4.69, 9.17) is 0 Å². The lowest BCUT2D eigenvalue weighted by Gasteiger charge is -2.28. The number of nitrogens with zero attached hydrogens (tertiary/aromatic N) is 2. The van der Waals surface area contributed by atoms with E-state index in [9.17, 15) is 16.8 Å². The van der Waals surface area contributed by atoms with Crippen LogP contribution in [-0.2, 0) is 19.9 Å². The first-order chi connectivity index (χ1) is 10.6. The van der Waals surface area contributed by atoms with Gasteiger partial charge in [-0.05, 0) is 51.2 Å². The van der Waals surface area contributed by atoms with Crippen molar-refractivity contribution < 1.29 is 16.8 Å². The second-order valence-corrected chi connectivity index (χ2v) is 10.2. The summed E-state index contributed by atoms with van der Waals surface area (Å²) in [6.45, 7) is 0.962. The van der Waals surface area contributed by atoms with Crippen LogP contribution in [0.25, 0.3) is 0 Å². The first-order valence-electron chi connectivity index (χ1n) is 7.59. The molecule has 1 aromatic rings. The molecule has 2 rings (SSSR count). The summed E-state index contributed by atoms with van der Waals surface area (Å²) < 4.78 is 50.2. The third-order valence-corrected chi connectivity index (χ3v) is 7.24. The Labute approximate surface area is 139 Å². The molecule has 0 saturated carbocycles. The first kappa shape index (κ1) is 18.4. The molecule has 1 heterocycles. The standard InChI is InChI=1S/C15H24N2O4S2/c1-16(2)13-6-4-5-11-17(12-13)23(20,21)15-9-7-14(8-10-15)22(3,18)19/h7-10,13H,4-6,11-12H2,1-3H3/t13-/m0/s1. The maximum atomic E-state index is 12.8. The Kier molecular flexibility index (Phi) is 5.50. The molecule has 1 aliphatic heterocycles. The van der Waals surface area contributed by atoms with Crippen LogP contribution < -0.4 is 0 Å². The minimum absolute atomic E-state index is 0.124. The SMILES string of the molecule is CN(C)[C@H]1CCCCN(S(=O)(=O)c2ccc(S(C)(=O)=O)cc2)C1. The van der Waals surface area contributed by atoms with E-state index < -0.39 is 19.9 Å². The van der Waals surface area contributed by atoms with Crippen molar-refractivity contribution in [3.8, 4) is 0 Å². The number of likely N-dealkylation sites (N-methyl/N-ethyl adjacent to an activating group) is 1. The Balaban J connectivity index is 2.29. The summed E-state index contributed by atoms with van der Waals surface area (Å²) in [7, 11) is -3.01. The molecule has 6 nitrogen and oxygen atoms in total. The van der Waals surface area contributed by atoms with Gasteiger partial charge in [0.05, 0.1) is 9.79 Å². The summed E-state index contributed by atoms with van der Waals surface area (Å²) >= 11 is 0. The molecule has 0 amide bonds. The van der Waals surface area contributed by atoms with Gasteiger partial charge in [0, 0.05) is 25.4 Å². The quantitative estimate of drug-likeness (QED) is 0.806. The second kappa shape index (κ2) is 6.88. The molecule has 1 atom stereocenters. The van der Waals surface area contributed by atoms with Gasteiger partial charge in [-0.3, -0.25) is 0 Å². The summed E-state index contributed by atoms with van der Waals surface area (Å²) in [4.78, 5) is 2.32. The van der Waals surface area contributed by atoms with E-state index in [1.165, 1.54) is 28.6 Å². The molecule has 1 aliphatic rings. The van der Waals surface area contributed by atoms with Gasteiger partial charge in [-0.1, -0.05) is 6.42 Å². The summed E-state index contributed by atoms with van der Waals surface area (Å²) in [6, 6.07) is 5.65. The third kappa shape index (κ3) is 4.32. The van der Waals surface area contributed by atoms with Crippen molar-refractivity contribution in [3.63, 3.8) is 0 Å². The largest absolute Gasteiger partial charge is 0.305 e. The normalized spacial score (nSPS) is 21.3. The van der Waals surface area contributed by atoms with Gasteiger partial charge in [-0.2, -0.15) is 4.31 Å². The van der Waals surface area contributed by atoms with Crippen LogP contribution in [0.4, 0.5) is 0 Å². The van der Waals surface area contributed by atoms with Crippen LogP contribution in [0.2, 0.25) is 0 Å². The monoisotopic (exact) mass is 360 g/mol. The summed E-state index contributed by atoms with van der Waals surface area (Å²) in [5.74, 6) is 0. The summed E-state index contributed by atoms with van der Waals surface area (Å²) in [5, 5.41) is 0.